The lowest BCUT2D eigenvalue weighted by molar-refractivity contribution is -0.137. The Bertz CT molecular complexity index is 1110. The molecule has 1 N–H and O–H groups in total. The van der Waals surface area contributed by atoms with Gasteiger partial charge in [0.25, 0.3) is 0 Å². The molecule has 2 aromatic carbocycles. The van der Waals surface area contributed by atoms with E-state index < -0.39 is 5.92 Å². The van der Waals surface area contributed by atoms with Crippen molar-refractivity contribution in [2.24, 2.45) is 5.92 Å². The molecule has 8 nitrogen and oxygen atoms in total. The molecule has 0 radical (unpaired) electrons. The number of morpholine rings is 1. The smallest absolute Gasteiger partial charge is 0.243 e. The number of fused-ring (bicyclic) bond motifs is 1. The van der Waals surface area contributed by atoms with Crippen LogP contribution in [0, 0.1) is 5.92 Å². The minimum absolute atomic E-state index is 0.0421. The van der Waals surface area contributed by atoms with Crippen LogP contribution in [0.2, 0.25) is 0 Å². The Hall–Kier alpha value is -3.39. The number of ether oxygens (including phenoxy) is 1. The van der Waals surface area contributed by atoms with E-state index in [1.807, 2.05) is 30.3 Å². The highest BCUT2D eigenvalue weighted by molar-refractivity contribution is 6.01. The zero-order chi connectivity index (χ0) is 24.4. The summed E-state index contributed by atoms with van der Waals surface area (Å²) in [7, 11) is 1.62. The number of aryl methyl sites for hydroxylation is 2. The second-order valence-corrected chi connectivity index (χ2v) is 9.60. The summed E-state index contributed by atoms with van der Waals surface area (Å²) >= 11 is 0. The highest BCUT2D eigenvalue weighted by Crippen LogP contribution is 2.31. The maximum atomic E-state index is 13.0. The molecule has 8 heteroatoms. The number of nitrogens with one attached hydrogen (secondary N) is 1. The lowest BCUT2D eigenvalue weighted by Crippen LogP contribution is -2.39. The SMILES string of the molecule is CN(CC(=O)Nc1ccc(N2CCOCC2)cc1)C(=O)C1CC(=O)N(c2ccc3c(c2)CCC3)C1. The summed E-state index contributed by atoms with van der Waals surface area (Å²) in [4.78, 5) is 43.7. The van der Waals surface area contributed by atoms with Gasteiger partial charge in [0.2, 0.25) is 17.7 Å². The first-order valence-corrected chi connectivity index (χ1v) is 12.4. The molecule has 0 saturated carbocycles. The van der Waals surface area contributed by atoms with Crippen LogP contribution in [0.15, 0.2) is 42.5 Å². The number of hydrogen-bond acceptors (Lipinski definition) is 5. The van der Waals surface area contributed by atoms with Gasteiger partial charge in [-0.25, -0.2) is 0 Å². The first-order chi connectivity index (χ1) is 17.0. The van der Waals surface area contributed by atoms with Crippen LogP contribution in [0.25, 0.3) is 0 Å². The van der Waals surface area contributed by atoms with Crippen molar-refractivity contribution >= 4 is 34.8 Å². The standard InChI is InChI=1S/C27H32N4O4/c1-29(18-25(32)28-22-6-9-23(10-7-22)30-11-13-35-14-12-30)27(34)21-16-26(33)31(17-21)24-8-5-19-3-2-4-20(19)15-24/h5-10,15,21H,2-4,11-14,16-18H2,1H3,(H,28,32). The number of benzene rings is 2. The Labute approximate surface area is 205 Å². The molecule has 3 aliphatic rings. The van der Waals surface area contributed by atoms with Crippen LogP contribution in [-0.2, 0) is 32.0 Å². The maximum Gasteiger partial charge on any atom is 0.243 e. The summed E-state index contributed by atoms with van der Waals surface area (Å²) in [5, 5.41) is 2.86. The van der Waals surface area contributed by atoms with E-state index in [0.29, 0.717) is 12.2 Å². The van der Waals surface area contributed by atoms with E-state index in [1.54, 1.807) is 11.9 Å². The molecule has 2 saturated heterocycles. The first kappa shape index (κ1) is 23.4. The van der Waals surface area contributed by atoms with Gasteiger partial charge >= 0.3 is 0 Å². The Morgan fingerprint density at radius 2 is 1.74 bits per heavy atom. The molecule has 35 heavy (non-hydrogen) atoms. The number of carbonyl (C=O) groups is 3. The fourth-order valence-corrected chi connectivity index (χ4v) is 5.23. The van der Waals surface area contributed by atoms with E-state index in [2.05, 4.69) is 22.3 Å². The van der Waals surface area contributed by atoms with Gasteiger partial charge in [0.15, 0.2) is 0 Å². The van der Waals surface area contributed by atoms with Crippen molar-refractivity contribution < 1.29 is 19.1 Å². The van der Waals surface area contributed by atoms with Gasteiger partial charge in [0.05, 0.1) is 25.7 Å². The second-order valence-electron chi connectivity index (χ2n) is 9.60. The van der Waals surface area contributed by atoms with Crippen LogP contribution >= 0.6 is 0 Å². The molecule has 0 aromatic heterocycles. The summed E-state index contributed by atoms with van der Waals surface area (Å²) in [5.41, 5.74) is 5.31. The molecule has 5 rings (SSSR count). The van der Waals surface area contributed by atoms with Crippen molar-refractivity contribution in [3.05, 3.63) is 53.6 Å². The predicted molar refractivity (Wildman–Crippen MR) is 135 cm³/mol. The number of rotatable bonds is 6. The molecular formula is C27H32N4O4. The van der Waals surface area contributed by atoms with Gasteiger partial charge in [-0.1, -0.05) is 6.07 Å². The van der Waals surface area contributed by atoms with E-state index in [0.717, 1.165) is 56.9 Å². The topological polar surface area (TPSA) is 82.2 Å². The minimum Gasteiger partial charge on any atom is -0.378 e. The molecule has 2 aliphatic heterocycles. The van der Waals surface area contributed by atoms with Crippen molar-refractivity contribution in [1.29, 1.82) is 0 Å². The van der Waals surface area contributed by atoms with Crippen molar-refractivity contribution in [3.63, 3.8) is 0 Å². The number of likely N-dealkylation sites (N-methyl/N-ethyl adjacent to an activating group) is 1. The highest BCUT2D eigenvalue weighted by Gasteiger charge is 2.37. The van der Waals surface area contributed by atoms with Crippen molar-refractivity contribution in [2.75, 3.05) is 61.6 Å². The largest absolute Gasteiger partial charge is 0.378 e. The molecular weight excluding hydrogens is 444 g/mol. The number of carbonyl (C=O) groups excluding carboxylic acids is 3. The molecule has 3 amide bonds. The van der Waals surface area contributed by atoms with Crippen LogP contribution in [0.1, 0.15) is 24.0 Å². The van der Waals surface area contributed by atoms with Crippen LogP contribution < -0.4 is 15.1 Å². The van der Waals surface area contributed by atoms with Gasteiger partial charge in [0.1, 0.15) is 0 Å². The molecule has 2 fully saturated rings. The van der Waals surface area contributed by atoms with E-state index >= 15 is 0 Å². The number of amides is 3. The summed E-state index contributed by atoms with van der Waals surface area (Å²) in [5.74, 6) is -0.930. The molecule has 0 bridgehead atoms. The molecule has 0 spiro atoms. The van der Waals surface area contributed by atoms with Gasteiger partial charge in [-0.2, -0.15) is 0 Å². The molecule has 184 valence electrons. The van der Waals surface area contributed by atoms with Gasteiger partial charge in [-0.3, -0.25) is 14.4 Å². The molecule has 2 heterocycles. The zero-order valence-corrected chi connectivity index (χ0v) is 20.2. The van der Waals surface area contributed by atoms with E-state index in [1.165, 1.54) is 16.0 Å². The third-order valence-electron chi connectivity index (χ3n) is 7.15. The average Bonchev–Trinajstić information content (AvgIpc) is 3.50. The van der Waals surface area contributed by atoms with E-state index in [-0.39, 0.29) is 30.7 Å². The van der Waals surface area contributed by atoms with Crippen LogP contribution in [-0.4, -0.2) is 69.1 Å². The van der Waals surface area contributed by atoms with Crippen molar-refractivity contribution in [1.82, 2.24) is 4.90 Å². The minimum atomic E-state index is -0.443. The molecule has 1 unspecified atom stereocenters. The lowest BCUT2D eigenvalue weighted by Gasteiger charge is -2.29. The van der Waals surface area contributed by atoms with Gasteiger partial charge in [-0.15, -0.1) is 0 Å². The molecule has 2 aromatic rings. The predicted octanol–water partition coefficient (Wildman–Crippen LogP) is 2.46. The van der Waals surface area contributed by atoms with Crippen LogP contribution in [0.3, 0.4) is 0 Å². The van der Waals surface area contributed by atoms with Crippen LogP contribution in [0.4, 0.5) is 17.1 Å². The Balaban J connectivity index is 1.14. The third kappa shape index (κ3) is 5.17. The monoisotopic (exact) mass is 476 g/mol. The van der Waals surface area contributed by atoms with Gasteiger partial charge in [-0.05, 0) is 66.8 Å². The Morgan fingerprint density at radius 1 is 1.03 bits per heavy atom. The Morgan fingerprint density at radius 3 is 2.51 bits per heavy atom. The molecule has 1 atom stereocenters. The molecule has 1 aliphatic carbocycles. The summed E-state index contributed by atoms with van der Waals surface area (Å²) in [6, 6.07) is 13.9. The fraction of sp³-hybridized carbons (Fsp3) is 0.444. The Kier molecular flexibility index (Phi) is 6.72. The van der Waals surface area contributed by atoms with Gasteiger partial charge in [0, 0.05) is 50.2 Å². The van der Waals surface area contributed by atoms with Gasteiger partial charge < -0.3 is 24.8 Å². The average molecular weight is 477 g/mol. The number of hydrogen-bond donors (Lipinski definition) is 1. The quantitative estimate of drug-likeness (QED) is 0.693. The van der Waals surface area contributed by atoms with Crippen LogP contribution in [0.5, 0.6) is 0 Å². The van der Waals surface area contributed by atoms with E-state index in [4.69, 9.17) is 4.74 Å². The number of anilines is 3. The maximum absolute atomic E-state index is 13.0. The second kappa shape index (κ2) is 10.1. The zero-order valence-electron chi connectivity index (χ0n) is 20.2. The first-order valence-electron chi connectivity index (χ1n) is 12.4. The fourth-order valence-electron chi connectivity index (χ4n) is 5.23. The van der Waals surface area contributed by atoms with E-state index in [9.17, 15) is 14.4 Å². The van der Waals surface area contributed by atoms with Crippen molar-refractivity contribution in [3.8, 4) is 0 Å². The normalized spacial score (nSPS) is 19.6. The summed E-state index contributed by atoms with van der Waals surface area (Å²) in [6.07, 6.45) is 3.46. The highest BCUT2D eigenvalue weighted by atomic mass is 16.5. The number of nitrogens with zero attached hydrogens (tertiary/aromatic N) is 3. The van der Waals surface area contributed by atoms with Crippen molar-refractivity contribution in [2.45, 2.75) is 25.7 Å². The summed E-state index contributed by atoms with van der Waals surface area (Å²) < 4.78 is 5.39. The summed E-state index contributed by atoms with van der Waals surface area (Å²) in [6.45, 7) is 3.43. The lowest BCUT2D eigenvalue weighted by atomic mass is 10.1. The third-order valence-corrected chi connectivity index (χ3v) is 7.15.